The van der Waals surface area contributed by atoms with Gasteiger partial charge in [-0.25, -0.2) is 0 Å². The first kappa shape index (κ1) is 30.4. The van der Waals surface area contributed by atoms with E-state index in [1.54, 1.807) is 12.4 Å². The Morgan fingerprint density at radius 1 is 0.489 bits per heavy atom. The van der Waals surface area contributed by atoms with Crippen LogP contribution in [0.4, 0.5) is 0 Å². The summed E-state index contributed by atoms with van der Waals surface area (Å²) < 4.78 is 0. The van der Waals surface area contributed by atoms with E-state index < -0.39 is 5.66 Å². The predicted molar refractivity (Wildman–Crippen MR) is 196 cm³/mol. The molecular formula is C43H40N2O2. The molecule has 0 radical (unpaired) electrons. The summed E-state index contributed by atoms with van der Waals surface area (Å²) in [6.45, 7) is 12.5. The van der Waals surface area contributed by atoms with E-state index in [0.717, 1.165) is 54.9 Å². The Balaban J connectivity index is 1.56. The molecule has 1 aliphatic carbocycles. The van der Waals surface area contributed by atoms with Crippen LogP contribution in [0.1, 0.15) is 74.9 Å². The number of hydrogen-bond donors (Lipinski definition) is 2. The van der Waals surface area contributed by atoms with Crippen molar-refractivity contribution in [1.29, 1.82) is 0 Å². The molecule has 6 aromatic carbocycles. The second kappa shape index (κ2) is 10.9. The summed E-state index contributed by atoms with van der Waals surface area (Å²) in [6.07, 6.45) is 3.52. The fraction of sp³-hybridized carbons (Fsp3) is 0.209. The lowest BCUT2D eigenvalue weighted by atomic mass is 9.85. The molecule has 1 aliphatic rings. The lowest BCUT2D eigenvalue weighted by molar-refractivity contribution is 0.445. The molecule has 47 heavy (non-hydrogen) atoms. The summed E-state index contributed by atoms with van der Waals surface area (Å²) in [5, 5.41) is 27.4. The number of aliphatic imine (C=N–C) groups is 2. The number of aromatic hydroxyl groups is 2. The van der Waals surface area contributed by atoms with E-state index in [1.165, 1.54) is 0 Å². The highest BCUT2D eigenvalue weighted by Crippen LogP contribution is 2.55. The zero-order valence-corrected chi connectivity index (χ0v) is 27.8. The minimum absolute atomic E-state index is 0.217. The van der Waals surface area contributed by atoms with Crippen LogP contribution >= 0.6 is 0 Å². The van der Waals surface area contributed by atoms with Crippen LogP contribution in [0.15, 0.2) is 119 Å². The molecule has 234 valence electrons. The molecule has 0 aromatic heterocycles. The van der Waals surface area contributed by atoms with Gasteiger partial charge in [0.05, 0.1) is 0 Å². The van der Waals surface area contributed by atoms with Crippen LogP contribution in [-0.4, -0.2) is 22.6 Å². The fourth-order valence-electron chi connectivity index (χ4n) is 6.99. The van der Waals surface area contributed by atoms with Crippen LogP contribution < -0.4 is 0 Å². The van der Waals surface area contributed by atoms with Crippen LogP contribution in [0.2, 0.25) is 0 Å². The lowest BCUT2D eigenvalue weighted by Gasteiger charge is -2.25. The van der Waals surface area contributed by atoms with Gasteiger partial charge in [-0.05, 0) is 66.8 Å². The van der Waals surface area contributed by atoms with E-state index in [0.29, 0.717) is 11.1 Å². The summed E-state index contributed by atoms with van der Waals surface area (Å²) in [4.78, 5) is 10.7. The number of nitrogens with zero attached hydrogens (tertiary/aromatic N) is 2. The number of benzene rings is 6. The second-order valence-corrected chi connectivity index (χ2v) is 14.6. The molecule has 0 fully saturated rings. The van der Waals surface area contributed by atoms with Crippen molar-refractivity contribution in [3.63, 3.8) is 0 Å². The Morgan fingerprint density at radius 3 is 1.30 bits per heavy atom. The van der Waals surface area contributed by atoms with Gasteiger partial charge in [-0.1, -0.05) is 139 Å². The maximum Gasteiger partial charge on any atom is 0.202 e. The third-order valence-corrected chi connectivity index (χ3v) is 9.39. The van der Waals surface area contributed by atoms with E-state index >= 15 is 0 Å². The molecule has 4 nitrogen and oxygen atoms in total. The van der Waals surface area contributed by atoms with Gasteiger partial charge in [0, 0.05) is 34.7 Å². The van der Waals surface area contributed by atoms with Gasteiger partial charge in [0.25, 0.3) is 0 Å². The molecule has 6 aromatic rings. The van der Waals surface area contributed by atoms with E-state index in [-0.39, 0.29) is 22.3 Å². The first-order valence-corrected chi connectivity index (χ1v) is 16.2. The zero-order valence-electron chi connectivity index (χ0n) is 27.8. The first-order chi connectivity index (χ1) is 22.4. The van der Waals surface area contributed by atoms with Crippen LogP contribution in [0.25, 0.3) is 32.7 Å². The van der Waals surface area contributed by atoms with E-state index in [1.807, 2.05) is 36.4 Å². The highest BCUT2D eigenvalue weighted by molar-refractivity contribution is 6.11. The molecule has 0 aliphatic heterocycles. The number of hydrogen-bond acceptors (Lipinski definition) is 4. The molecule has 0 saturated carbocycles. The van der Waals surface area contributed by atoms with Crippen molar-refractivity contribution in [3.8, 4) is 22.6 Å². The number of phenolic OH excluding ortho intramolecular Hbond substituents is 2. The SMILES string of the molecule is CC(C)(C)c1cccc(/C=N/C2(/N=C/c3cccc(C(C)(C)C)c3O)c3ccc4ccccc4c3-c3c2ccc2ccccc32)c1O. The average Bonchev–Trinajstić information content (AvgIpc) is 3.33. The van der Waals surface area contributed by atoms with Gasteiger partial charge in [-0.3, -0.25) is 9.98 Å². The first-order valence-electron chi connectivity index (χ1n) is 16.2. The van der Waals surface area contributed by atoms with Gasteiger partial charge in [0.1, 0.15) is 11.5 Å². The van der Waals surface area contributed by atoms with Crippen LogP contribution in [0, 0.1) is 0 Å². The Hall–Kier alpha value is -5.22. The van der Waals surface area contributed by atoms with Crippen LogP contribution in [0.3, 0.4) is 0 Å². The summed E-state index contributed by atoms with van der Waals surface area (Å²) in [5.74, 6) is 0.433. The molecule has 0 amide bonds. The largest absolute Gasteiger partial charge is 0.507 e. The Morgan fingerprint density at radius 2 is 0.894 bits per heavy atom. The highest BCUT2D eigenvalue weighted by Gasteiger charge is 2.44. The molecular weight excluding hydrogens is 576 g/mol. The maximum atomic E-state index is 11.4. The number of rotatable bonds is 4. The molecule has 0 atom stereocenters. The van der Waals surface area contributed by atoms with E-state index in [9.17, 15) is 10.2 Å². The fourth-order valence-corrected chi connectivity index (χ4v) is 6.99. The summed E-state index contributed by atoms with van der Waals surface area (Å²) in [7, 11) is 0. The highest BCUT2D eigenvalue weighted by atomic mass is 16.3. The van der Waals surface area contributed by atoms with Crippen molar-refractivity contribution in [2.45, 2.75) is 58.0 Å². The molecule has 0 unspecified atom stereocenters. The van der Waals surface area contributed by atoms with E-state index in [2.05, 4.69) is 114 Å². The van der Waals surface area contributed by atoms with Crippen molar-refractivity contribution in [1.82, 2.24) is 0 Å². The zero-order chi connectivity index (χ0) is 33.1. The molecule has 2 N–H and O–H groups in total. The van der Waals surface area contributed by atoms with E-state index in [4.69, 9.17) is 9.98 Å². The predicted octanol–water partition coefficient (Wildman–Crippen LogP) is 10.4. The minimum Gasteiger partial charge on any atom is -0.507 e. The van der Waals surface area contributed by atoms with Crippen molar-refractivity contribution < 1.29 is 10.2 Å². The topological polar surface area (TPSA) is 65.2 Å². The normalized spacial score (nSPS) is 14.3. The van der Waals surface area contributed by atoms with Crippen molar-refractivity contribution >= 4 is 34.0 Å². The Bertz CT molecular complexity index is 2090. The standard InChI is InChI=1S/C43H40N2O2/c1-41(2,3)35-19-11-15-29(39(35)46)25-44-43(45-26-30-16-12-20-36(40(30)47)42(4,5)6)33-23-21-27-13-7-9-17-31(27)37(33)38-32-18-10-8-14-28(32)22-24-34(38)43/h7-26,46-47H,1-6H3/b44-25+,45-26+. The average molecular weight is 617 g/mol. The third kappa shape index (κ3) is 5.00. The summed E-state index contributed by atoms with van der Waals surface area (Å²) in [6, 6.07) is 37.1. The van der Waals surface area contributed by atoms with Gasteiger partial charge in [0.15, 0.2) is 0 Å². The molecule has 0 saturated heterocycles. The van der Waals surface area contributed by atoms with Crippen LogP contribution in [0.5, 0.6) is 11.5 Å². The van der Waals surface area contributed by atoms with Gasteiger partial charge in [0.2, 0.25) is 5.66 Å². The molecule has 0 bridgehead atoms. The molecule has 7 rings (SSSR count). The quantitative estimate of drug-likeness (QED) is 0.194. The van der Waals surface area contributed by atoms with Gasteiger partial charge >= 0.3 is 0 Å². The number of phenols is 2. The molecule has 0 heterocycles. The molecule has 4 heteroatoms. The van der Waals surface area contributed by atoms with Crippen molar-refractivity contribution in [2.75, 3.05) is 0 Å². The third-order valence-electron chi connectivity index (χ3n) is 9.39. The summed E-state index contributed by atoms with van der Waals surface area (Å²) in [5.41, 5.74) is 5.39. The Labute approximate surface area is 276 Å². The monoisotopic (exact) mass is 616 g/mol. The van der Waals surface area contributed by atoms with Gasteiger partial charge < -0.3 is 10.2 Å². The maximum absolute atomic E-state index is 11.4. The van der Waals surface area contributed by atoms with Gasteiger partial charge in [-0.15, -0.1) is 0 Å². The summed E-state index contributed by atoms with van der Waals surface area (Å²) >= 11 is 0. The second-order valence-electron chi connectivity index (χ2n) is 14.6. The van der Waals surface area contributed by atoms with Crippen molar-refractivity contribution in [2.24, 2.45) is 9.98 Å². The lowest BCUT2D eigenvalue weighted by Crippen LogP contribution is -2.21. The van der Waals surface area contributed by atoms with Crippen LogP contribution in [-0.2, 0) is 16.5 Å². The van der Waals surface area contributed by atoms with Crippen molar-refractivity contribution in [3.05, 3.63) is 143 Å². The Kier molecular flexibility index (Phi) is 7.09. The van der Waals surface area contributed by atoms with Gasteiger partial charge in [-0.2, -0.15) is 0 Å². The smallest absolute Gasteiger partial charge is 0.202 e. The number of fused-ring (bicyclic) bond motifs is 7. The molecule has 0 spiro atoms. The number of para-hydroxylation sites is 2. The minimum atomic E-state index is -1.19.